The molecule has 1 heterocycles. The molecule has 0 aliphatic carbocycles. The molecule has 1 aliphatic rings. The summed E-state index contributed by atoms with van der Waals surface area (Å²) in [4.78, 5) is 37.2. The van der Waals surface area contributed by atoms with Gasteiger partial charge in [-0.05, 0) is 18.2 Å². The number of nitrogens with zero attached hydrogens (tertiary/aromatic N) is 1. The lowest BCUT2D eigenvalue weighted by Crippen LogP contribution is -2.35. The van der Waals surface area contributed by atoms with Crippen molar-refractivity contribution in [3.05, 3.63) is 69.0 Å². The second-order valence-electron chi connectivity index (χ2n) is 5.26. The third-order valence-electron chi connectivity index (χ3n) is 3.65. The Kier molecular flexibility index (Phi) is 4.74. The van der Waals surface area contributed by atoms with Crippen LogP contribution >= 0.6 is 23.2 Å². The number of hydrogen-bond acceptors (Lipinski definition) is 4. The van der Waals surface area contributed by atoms with Crippen LogP contribution in [0.2, 0.25) is 10.0 Å². The fraction of sp³-hybridized carbons (Fsp3) is 0.118. The molecule has 0 bridgehead atoms. The molecule has 0 spiro atoms. The van der Waals surface area contributed by atoms with Gasteiger partial charge in [0.15, 0.2) is 0 Å². The number of fused-ring (bicyclic) bond motifs is 1. The highest BCUT2D eigenvalue weighted by Gasteiger charge is 2.37. The second kappa shape index (κ2) is 6.82. The van der Waals surface area contributed by atoms with E-state index in [1.807, 2.05) is 0 Å². The van der Waals surface area contributed by atoms with Crippen molar-refractivity contribution < 1.29 is 23.5 Å². The average Bonchev–Trinajstić information content (AvgIpc) is 2.79. The Morgan fingerprint density at radius 3 is 2.16 bits per heavy atom. The van der Waals surface area contributed by atoms with Crippen LogP contribution in [-0.4, -0.2) is 29.2 Å². The maximum Gasteiger partial charge on any atom is 0.326 e. The van der Waals surface area contributed by atoms with E-state index < -0.39 is 30.1 Å². The lowest BCUT2D eigenvalue weighted by atomic mass is 10.1. The zero-order valence-corrected chi connectivity index (χ0v) is 14.1. The van der Waals surface area contributed by atoms with Crippen molar-refractivity contribution in [3.63, 3.8) is 0 Å². The van der Waals surface area contributed by atoms with Crippen LogP contribution in [0.5, 0.6) is 0 Å². The molecular weight excluding hydrogens is 372 g/mol. The standard InChI is InChI=1S/C17H10Cl2FNO4/c18-12-5-10-11(6-13(12)19)17(24)21(16(10)23)7-15(22)25-8-9-3-1-2-4-14(9)20/h1-6H,7-8H2. The second-order valence-corrected chi connectivity index (χ2v) is 6.07. The summed E-state index contributed by atoms with van der Waals surface area (Å²) in [6.07, 6.45) is 0. The third kappa shape index (κ3) is 3.36. The maximum absolute atomic E-state index is 13.5. The number of halogens is 3. The van der Waals surface area contributed by atoms with Crippen LogP contribution < -0.4 is 0 Å². The number of carbonyl (C=O) groups is 3. The summed E-state index contributed by atoms with van der Waals surface area (Å²) in [5, 5.41) is 0.260. The van der Waals surface area contributed by atoms with Crippen molar-refractivity contribution in [2.24, 2.45) is 0 Å². The number of carbonyl (C=O) groups excluding carboxylic acids is 3. The van der Waals surface area contributed by atoms with E-state index in [1.54, 1.807) is 6.07 Å². The molecule has 0 atom stereocenters. The first kappa shape index (κ1) is 17.4. The molecule has 128 valence electrons. The fourth-order valence-corrected chi connectivity index (χ4v) is 2.70. The van der Waals surface area contributed by atoms with Crippen molar-refractivity contribution in [3.8, 4) is 0 Å². The molecule has 2 aromatic rings. The van der Waals surface area contributed by atoms with Gasteiger partial charge in [-0.1, -0.05) is 41.4 Å². The van der Waals surface area contributed by atoms with Crippen molar-refractivity contribution in [1.82, 2.24) is 4.90 Å². The van der Waals surface area contributed by atoms with Gasteiger partial charge in [0.05, 0.1) is 21.2 Å². The molecule has 0 aromatic heterocycles. The highest BCUT2D eigenvalue weighted by atomic mass is 35.5. The third-order valence-corrected chi connectivity index (χ3v) is 4.37. The van der Waals surface area contributed by atoms with Crippen LogP contribution in [0.4, 0.5) is 4.39 Å². The van der Waals surface area contributed by atoms with Gasteiger partial charge in [-0.2, -0.15) is 0 Å². The number of imide groups is 1. The highest BCUT2D eigenvalue weighted by molar-refractivity contribution is 6.43. The molecule has 5 nitrogen and oxygen atoms in total. The van der Waals surface area contributed by atoms with Crippen LogP contribution in [0.3, 0.4) is 0 Å². The van der Waals surface area contributed by atoms with E-state index >= 15 is 0 Å². The predicted octanol–water partition coefficient (Wildman–Crippen LogP) is 3.47. The number of benzene rings is 2. The molecule has 8 heteroatoms. The Morgan fingerprint density at radius 1 is 1.04 bits per heavy atom. The highest BCUT2D eigenvalue weighted by Crippen LogP contribution is 2.31. The van der Waals surface area contributed by atoms with Gasteiger partial charge in [0.25, 0.3) is 11.8 Å². The van der Waals surface area contributed by atoms with Crippen molar-refractivity contribution >= 4 is 41.0 Å². The van der Waals surface area contributed by atoms with Crippen LogP contribution in [0.1, 0.15) is 26.3 Å². The first-order valence-corrected chi connectivity index (χ1v) is 7.88. The monoisotopic (exact) mass is 381 g/mol. The van der Waals surface area contributed by atoms with Crippen molar-refractivity contribution in [2.75, 3.05) is 6.54 Å². The number of ether oxygens (including phenoxy) is 1. The van der Waals surface area contributed by atoms with Gasteiger partial charge in [0, 0.05) is 5.56 Å². The van der Waals surface area contributed by atoms with E-state index in [0.29, 0.717) is 0 Å². The van der Waals surface area contributed by atoms with Gasteiger partial charge in [-0.15, -0.1) is 0 Å². The molecule has 0 saturated carbocycles. The van der Waals surface area contributed by atoms with Crippen LogP contribution in [-0.2, 0) is 16.1 Å². The van der Waals surface area contributed by atoms with E-state index in [0.717, 1.165) is 4.90 Å². The van der Waals surface area contributed by atoms with Crippen molar-refractivity contribution in [1.29, 1.82) is 0 Å². The summed E-state index contributed by atoms with van der Waals surface area (Å²) in [5.74, 6) is -2.68. The van der Waals surface area contributed by atoms with Gasteiger partial charge in [-0.25, -0.2) is 4.39 Å². The summed E-state index contributed by atoms with van der Waals surface area (Å²) in [6, 6.07) is 8.38. The van der Waals surface area contributed by atoms with Gasteiger partial charge in [0.1, 0.15) is 19.0 Å². The van der Waals surface area contributed by atoms with Crippen molar-refractivity contribution in [2.45, 2.75) is 6.61 Å². The molecule has 3 rings (SSSR count). The minimum Gasteiger partial charge on any atom is -0.459 e. The molecule has 25 heavy (non-hydrogen) atoms. The normalized spacial score (nSPS) is 13.2. The minimum atomic E-state index is -0.838. The first-order chi connectivity index (χ1) is 11.9. The van der Waals surface area contributed by atoms with E-state index in [2.05, 4.69) is 0 Å². The van der Waals surface area contributed by atoms with E-state index in [1.165, 1.54) is 30.3 Å². The quantitative estimate of drug-likeness (QED) is 0.600. The predicted molar refractivity (Wildman–Crippen MR) is 88.0 cm³/mol. The minimum absolute atomic E-state index is 0.0707. The van der Waals surface area contributed by atoms with Crippen LogP contribution in [0.15, 0.2) is 36.4 Å². The molecular formula is C17H10Cl2FNO4. The molecule has 2 amide bonds. The largest absolute Gasteiger partial charge is 0.459 e. The van der Waals surface area contributed by atoms with E-state index in [9.17, 15) is 18.8 Å². The summed E-state index contributed by atoms with van der Waals surface area (Å²) in [5.41, 5.74) is 0.333. The average molecular weight is 382 g/mol. The van der Waals surface area contributed by atoms with Gasteiger partial charge in [-0.3, -0.25) is 19.3 Å². The number of esters is 1. The smallest absolute Gasteiger partial charge is 0.326 e. The summed E-state index contributed by atoms with van der Waals surface area (Å²) >= 11 is 11.7. The van der Waals surface area contributed by atoms with E-state index in [-0.39, 0.29) is 33.3 Å². The fourth-order valence-electron chi connectivity index (χ4n) is 2.38. The molecule has 0 radical (unpaired) electrons. The zero-order valence-electron chi connectivity index (χ0n) is 12.6. The number of amides is 2. The Bertz CT molecular complexity index is 859. The number of rotatable bonds is 4. The summed E-state index contributed by atoms with van der Waals surface area (Å²) in [7, 11) is 0. The topological polar surface area (TPSA) is 63.7 Å². The maximum atomic E-state index is 13.5. The molecule has 0 fully saturated rings. The summed E-state index contributed by atoms with van der Waals surface area (Å²) in [6.45, 7) is -0.887. The SMILES string of the molecule is O=C(CN1C(=O)c2cc(Cl)c(Cl)cc2C1=O)OCc1ccccc1F. The molecule has 1 aliphatic heterocycles. The summed E-state index contributed by atoms with van der Waals surface area (Å²) < 4.78 is 18.4. The van der Waals surface area contributed by atoms with E-state index in [4.69, 9.17) is 27.9 Å². The van der Waals surface area contributed by atoms with Gasteiger partial charge >= 0.3 is 5.97 Å². The van der Waals surface area contributed by atoms with Crippen LogP contribution in [0, 0.1) is 5.82 Å². The lowest BCUT2D eigenvalue weighted by Gasteiger charge is -2.13. The molecule has 0 N–H and O–H groups in total. The molecule has 0 unspecified atom stereocenters. The Balaban J connectivity index is 1.69. The zero-order chi connectivity index (χ0) is 18.1. The Morgan fingerprint density at radius 2 is 1.60 bits per heavy atom. The lowest BCUT2D eigenvalue weighted by molar-refractivity contribution is -0.145. The first-order valence-electron chi connectivity index (χ1n) is 7.12. The van der Waals surface area contributed by atoms with Gasteiger partial charge < -0.3 is 4.74 Å². The Hall–Kier alpha value is -2.44. The molecule has 2 aromatic carbocycles. The van der Waals surface area contributed by atoms with Crippen LogP contribution in [0.25, 0.3) is 0 Å². The molecule has 0 saturated heterocycles. The number of hydrogen-bond donors (Lipinski definition) is 0. The van der Waals surface area contributed by atoms with Gasteiger partial charge in [0.2, 0.25) is 0 Å². The Labute approximate surface area is 151 Å².